The Bertz CT molecular complexity index is 218. The van der Waals surface area contributed by atoms with Crippen LogP contribution in [0.5, 0.6) is 0 Å². The van der Waals surface area contributed by atoms with Crippen molar-refractivity contribution in [2.75, 3.05) is 13.1 Å². The van der Waals surface area contributed by atoms with Gasteiger partial charge in [-0.2, -0.15) is 0 Å². The van der Waals surface area contributed by atoms with Crippen LogP contribution in [0.2, 0.25) is 0 Å². The molecule has 0 aromatic heterocycles. The first-order chi connectivity index (χ1) is 10.3. The van der Waals surface area contributed by atoms with Crippen molar-refractivity contribution in [3.63, 3.8) is 0 Å². The minimum Gasteiger partial charge on any atom is -0.392 e. The Labute approximate surface area is 133 Å². The van der Waals surface area contributed by atoms with Gasteiger partial charge in [0, 0.05) is 19.1 Å². The lowest BCUT2D eigenvalue weighted by molar-refractivity contribution is 0.149. The highest BCUT2D eigenvalue weighted by molar-refractivity contribution is 4.81. The largest absolute Gasteiger partial charge is 0.392 e. The van der Waals surface area contributed by atoms with E-state index in [4.69, 9.17) is 0 Å². The average molecular weight is 298 g/mol. The Kier molecular flexibility index (Phi) is 11.3. The van der Waals surface area contributed by atoms with Gasteiger partial charge < -0.3 is 5.11 Å². The van der Waals surface area contributed by atoms with Gasteiger partial charge in [-0.15, -0.1) is 0 Å². The monoisotopic (exact) mass is 297 g/mol. The van der Waals surface area contributed by atoms with Gasteiger partial charge in [0.15, 0.2) is 0 Å². The lowest BCUT2D eigenvalue weighted by Gasteiger charge is -2.28. The standard InChI is InChI=1S/C19H39NO/c1-3-5-7-9-11-13-18(14-12-10-8-6-4-2)20-16-15-19(21)17-20/h18-19,21H,3-17H2,1-2H3. The minimum atomic E-state index is -0.0623. The molecule has 0 aromatic carbocycles. The molecule has 126 valence electrons. The fourth-order valence-corrected chi connectivity index (χ4v) is 3.58. The van der Waals surface area contributed by atoms with Crippen molar-refractivity contribution in [2.45, 2.75) is 109 Å². The van der Waals surface area contributed by atoms with Gasteiger partial charge in [0.05, 0.1) is 6.10 Å². The molecule has 1 N–H and O–H groups in total. The van der Waals surface area contributed by atoms with Crippen molar-refractivity contribution in [3.05, 3.63) is 0 Å². The molecule has 2 heteroatoms. The summed E-state index contributed by atoms with van der Waals surface area (Å²) >= 11 is 0. The van der Waals surface area contributed by atoms with Crippen LogP contribution in [-0.4, -0.2) is 35.2 Å². The maximum atomic E-state index is 9.79. The number of β-amino-alcohol motifs (C(OH)–C–C–N with tert-alkyl or cyclic N) is 1. The van der Waals surface area contributed by atoms with E-state index in [-0.39, 0.29) is 6.10 Å². The van der Waals surface area contributed by atoms with Crippen molar-refractivity contribution in [1.29, 1.82) is 0 Å². The van der Waals surface area contributed by atoms with Gasteiger partial charge in [-0.25, -0.2) is 0 Å². The third-order valence-corrected chi connectivity index (χ3v) is 4.99. The number of likely N-dealkylation sites (tertiary alicyclic amines) is 1. The maximum absolute atomic E-state index is 9.79. The van der Waals surface area contributed by atoms with Crippen LogP contribution in [0.4, 0.5) is 0 Å². The molecule has 1 atom stereocenters. The minimum absolute atomic E-state index is 0.0623. The van der Waals surface area contributed by atoms with Gasteiger partial charge in [0.2, 0.25) is 0 Å². The molecule has 1 unspecified atom stereocenters. The second kappa shape index (κ2) is 12.5. The van der Waals surface area contributed by atoms with Crippen molar-refractivity contribution < 1.29 is 5.11 Å². The molecule has 0 radical (unpaired) electrons. The zero-order valence-electron chi connectivity index (χ0n) is 14.7. The highest BCUT2D eigenvalue weighted by Gasteiger charge is 2.26. The normalized spacial score (nSPS) is 19.7. The lowest BCUT2D eigenvalue weighted by atomic mass is 9.99. The van der Waals surface area contributed by atoms with E-state index in [0.29, 0.717) is 0 Å². The van der Waals surface area contributed by atoms with E-state index < -0.39 is 0 Å². The number of rotatable bonds is 13. The van der Waals surface area contributed by atoms with Crippen molar-refractivity contribution >= 4 is 0 Å². The zero-order chi connectivity index (χ0) is 15.3. The number of hydrogen-bond donors (Lipinski definition) is 1. The molecular formula is C19H39NO. The molecule has 0 amide bonds. The molecule has 0 bridgehead atoms. The van der Waals surface area contributed by atoms with Crippen LogP contribution in [0.15, 0.2) is 0 Å². The molecule has 1 fully saturated rings. The molecule has 1 aliphatic heterocycles. The number of aliphatic hydroxyl groups excluding tert-OH is 1. The van der Waals surface area contributed by atoms with Crippen LogP contribution in [0.1, 0.15) is 97.3 Å². The third kappa shape index (κ3) is 8.83. The molecule has 1 rings (SSSR count). The molecule has 1 heterocycles. The summed E-state index contributed by atoms with van der Waals surface area (Å²) in [6.45, 7) is 6.61. The Morgan fingerprint density at radius 2 is 1.38 bits per heavy atom. The predicted molar refractivity (Wildman–Crippen MR) is 92.7 cm³/mol. The quantitative estimate of drug-likeness (QED) is 0.476. The SMILES string of the molecule is CCCCCCCC(CCCCCCC)N1CCC(O)C1. The summed E-state index contributed by atoms with van der Waals surface area (Å²) in [5.41, 5.74) is 0. The summed E-state index contributed by atoms with van der Waals surface area (Å²) < 4.78 is 0. The van der Waals surface area contributed by atoms with E-state index in [1.165, 1.54) is 77.0 Å². The van der Waals surface area contributed by atoms with E-state index in [0.717, 1.165) is 25.6 Å². The Morgan fingerprint density at radius 3 is 1.81 bits per heavy atom. The third-order valence-electron chi connectivity index (χ3n) is 4.99. The Balaban J connectivity index is 2.21. The number of nitrogens with zero attached hydrogens (tertiary/aromatic N) is 1. The topological polar surface area (TPSA) is 23.5 Å². The van der Waals surface area contributed by atoms with Crippen molar-refractivity contribution in [2.24, 2.45) is 0 Å². The first-order valence-electron chi connectivity index (χ1n) is 9.70. The summed E-state index contributed by atoms with van der Waals surface area (Å²) in [5, 5.41) is 9.79. The van der Waals surface area contributed by atoms with E-state index >= 15 is 0 Å². The van der Waals surface area contributed by atoms with E-state index in [9.17, 15) is 5.11 Å². The zero-order valence-corrected chi connectivity index (χ0v) is 14.7. The number of unbranched alkanes of at least 4 members (excludes halogenated alkanes) is 8. The molecule has 0 saturated carbocycles. The smallest absolute Gasteiger partial charge is 0.0679 e. The highest BCUT2D eigenvalue weighted by atomic mass is 16.3. The van der Waals surface area contributed by atoms with Crippen LogP contribution in [0.3, 0.4) is 0 Å². The lowest BCUT2D eigenvalue weighted by Crippen LogP contribution is -2.34. The average Bonchev–Trinajstić information content (AvgIpc) is 2.91. The second-order valence-corrected chi connectivity index (χ2v) is 7.00. The first-order valence-corrected chi connectivity index (χ1v) is 9.70. The van der Waals surface area contributed by atoms with Crippen LogP contribution >= 0.6 is 0 Å². The summed E-state index contributed by atoms with van der Waals surface area (Å²) in [4.78, 5) is 2.57. The van der Waals surface area contributed by atoms with Crippen molar-refractivity contribution in [1.82, 2.24) is 4.90 Å². The Hall–Kier alpha value is -0.0800. The van der Waals surface area contributed by atoms with Gasteiger partial charge in [-0.05, 0) is 19.3 Å². The fraction of sp³-hybridized carbons (Fsp3) is 1.00. The van der Waals surface area contributed by atoms with Crippen LogP contribution in [0.25, 0.3) is 0 Å². The maximum Gasteiger partial charge on any atom is 0.0679 e. The summed E-state index contributed by atoms with van der Waals surface area (Å²) in [6, 6.07) is 0.741. The number of aliphatic hydroxyl groups is 1. The van der Waals surface area contributed by atoms with E-state index in [1.54, 1.807) is 0 Å². The van der Waals surface area contributed by atoms with E-state index in [1.807, 2.05) is 0 Å². The van der Waals surface area contributed by atoms with Gasteiger partial charge in [0.1, 0.15) is 0 Å². The molecule has 0 aromatic rings. The van der Waals surface area contributed by atoms with Gasteiger partial charge >= 0.3 is 0 Å². The van der Waals surface area contributed by atoms with Gasteiger partial charge in [0.25, 0.3) is 0 Å². The summed E-state index contributed by atoms with van der Waals surface area (Å²) in [6.07, 6.45) is 17.5. The van der Waals surface area contributed by atoms with Gasteiger partial charge in [-0.3, -0.25) is 4.90 Å². The predicted octanol–water partition coefficient (Wildman–Crippen LogP) is 5.14. The molecule has 0 aliphatic carbocycles. The van der Waals surface area contributed by atoms with Gasteiger partial charge in [-0.1, -0.05) is 78.1 Å². The molecule has 1 saturated heterocycles. The van der Waals surface area contributed by atoms with E-state index in [2.05, 4.69) is 18.7 Å². The molecule has 0 spiro atoms. The van der Waals surface area contributed by atoms with Crippen molar-refractivity contribution in [3.8, 4) is 0 Å². The Morgan fingerprint density at radius 1 is 0.857 bits per heavy atom. The van der Waals surface area contributed by atoms with Crippen LogP contribution in [-0.2, 0) is 0 Å². The molecule has 21 heavy (non-hydrogen) atoms. The van der Waals surface area contributed by atoms with Crippen LogP contribution < -0.4 is 0 Å². The van der Waals surface area contributed by atoms with Crippen LogP contribution in [0, 0.1) is 0 Å². The molecule has 2 nitrogen and oxygen atoms in total. The molecule has 1 aliphatic rings. The number of hydrogen-bond acceptors (Lipinski definition) is 2. The first kappa shape index (κ1) is 19.0. The molecular weight excluding hydrogens is 258 g/mol. The summed E-state index contributed by atoms with van der Waals surface area (Å²) in [7, 11) is 0. The highest BCUT2D eigenvalue weighted by Crippen LogP contribution is 2.22. The fourth-order valence-electron chi connectivity index (χ4n) is 3.58. The summed E-state index contributed by atoms with van der Waals surface area (Å²) in [5.74, 6) is 0. The second-order valence-electron chi connectivity index (χ2n) is 7.00.